The fourth-order valence-corrected chi connectivity index (χ4v) is 2.23. The Morgan fingerprint density at radius 3 is 2.67 bits per heavy atom. The van der Waals surface area contributed by atoms with Crippen LogP contribution in [0, 0.1) is 6.92 Å². The molecule has 0 atom stereocenters. The molecule has 3 rings (SSSR count). The molecular weight excluding hydrogens is 266 g/mol. The minimum absolute atomic E-state index is 0.520. The standard InChI is InChI=1S/C15H21N5O/c1-4-11-7-17-12(21-11)8-18-14-9(2)13(16-3)19-15(20-14)10-5-6-10/h7,10H,4-6,8H2,1-3H3,(H2,16,18,19,20). The lowest BCUT2D eigenvalue weighted by Crippen LogP contribution is -2.09. The Bertz CT molecular complexity index is 633. The number of nitrogens with one attached hydrogen (secondary N) is 2. The molecule has 0 amide bonds. The van der Waals surface area contributed by atoms with Crippen LogP contribution < -0.4 is 10.6 Å². The van der Waals surface area contributed by atoms with E-state index < -0.39 is 0 Å². The predicted molar refractivity (Wildman–Crippen MR) is 81.5 cm³/mol. The molecule has 21 heavy (non-hydrogen) atoms. The van der Waals surface area contributed by atoms with Gasteiger partial charge in [-0.3, -0.25) is 0 Å². The topological polar surface area (TPSA) is 75.9 Å². The summed E-state index contributed by atoms with van der Waals surface area (Å²) in [4.78, 5) is 13.5. The smallest absolute Gasteiger partial charge is 0.213 e. The number of hydrogen-bond donors (Lipinski definition) is 2. The number of anilines is 2. The molecule has 6 heteroatoms. The van der Waals surface area contributed by atoms with Crippen molar-refractivity contribution in [2.45, 2.75) is 45.6 Å². The van der Waals surface area contributed by atoms with Crippen LogP contribution in [0.1, 0.15) is 48.7 Å². The van der Waals surface area contributed by atoms with Gasteiger partial charge in [0, 0.05) is 24.9 Å². The van der Waals surface area contributed by atoms with Crippen LogP contribution in [0.25, 0.3) is 0 Å². The zero-order valence-corrected chi connectivity index (χ0v) is 12.7. The van der Waals surface area contributed by atoms with E-state index in [-0.39, 0.29) is 0 Å². The van der Waals surface area contributed by atoms with Gasteiger partial charge in [-0.2, -0.15) is 0 Å². The number of oxazole rings is 1. The van der Waals surface area contributed by atoms with E-state index in [0.29, 0.717) is 18.4 Å². The summed E-state index contributed by atoms with van der Waals surface area (Å²) in [5.41, 5.74) is 1.02. The second kappa shape index (κ2) is 5.71. The molecule has 0 radical (unpaired) electrons. The maximum absolute atomic E-state index is 5.61. The fourth-order valence-electron chi connectivity index (χ4n) is 2.23. The highest BCUT2D eigenvalue weighted by Gasteiger charge is 2.28. The van der Waals surface area contributed by atoms with E-state index in [1.807, 2.05) is 20.9 Å². The average molecular weight is 287 g/mol. The highest BCUT2D eigenvalue weighted by molar-refractivity contribution is 5.57. The third-order valence-corrected chi connectivity index (χ3v) is 3.70. The third kappa shape index (κ3) is 2.99. The van der Waals surface area contributed by atoms with E-state index in [1.165, 1.54) is 12.8 Å². The van der Waals surface area contributed by atoms with Crippen LogP contribution in [-0.2, 0) is 13.0 Å². The molecule has 0 aromatic carbocycles. The van der Waals surface area contributed by atoms with Crippen molar-refractivity contribution < 1.29 is 4.42 Å². The summed E-state index contributed by atoms with van der Waals surface area (Å²) in [6.45, 7) is 4.59. The predicted octanol–water partition coefficient (Wildman–Crippen LogP) is 2.87. The molecular formula is C15H21N5O. The van der Waals surface area contributed by atoms with Gasteiger partial charge in [0.25, 0.3) is 0 Å². The van der Waals surface area contributed by atoms with Crippen LogP contribution in [0.3, 0.4) is 0 Å². The molecule has 1 fully saturated rings. The highest BCUT2D eigenvalue weighted by Crippen LogP contribution is 2.39. The maximum atomic E-state index is 5.61. The van der Waals surface area contributed by atoms with Gasteiger partial charge in [0.2, 0.25) is 5.89 Å². The van der Waals surface area contributed by atoms with Gasteiger partial charge in [-0.25, -0.2) is 15.0 Å². The second-order valence-corrected chi connectivity index (χ2v) is 5.36. The monoisotopic (exact) mass is 287 g/mol. The van der Waals surface area contributed by atoms with Crippen LogP contribution in [0.5, 0.6) is 0 Å². The first-order chi connectivity index (χ1) is 10.2. The largest absolute Gasteiger partial charge is 0.444 e. The van der Waals surface area contributed by atoms with Gasteiger partial charge in [-0.05, 0) is 19.8 Å². The van der Waals surface area contributed by atoms with Gasteiger partial charge >= 0.3 is 0 Å². The molecule has 112 valence electrons. The minimum Gasteiger partial charge on any atom is -0.444 e. The Hall–Kier alpha value is -2.11. The first-order valence-electron chi connectivity index (χ1n) is 7.45. The van der Waals surface area contributed by atoms with Crippen LogP contribution in [-0.4, -0.2) is 22.0 Å². The summed E-state index contributed by atoms with van der Waals surface area (Å²) in [5.74, 6) is 4.77. The molecule has 0 saturated heterocycles. The number of rotatable bonds is 6. The minimum atomic E-state index is 0.520. The van der Waals surface area contributed by atoms with E-state index in [4.69, 9.17) is 4.42 Å². The molecule has 0 bridgehead atoms. The highest BCUT2D eigenvalue weighted by atomic mass is 16.4. The summed E-state index contributed by atoms with van der Waals surface area (Å²) in [6, 6.07) is 0. The van der Waals surface area contributed by atoms with Gasteiger partial charge in [-0.1, -0.05) is 6.92 Å². The van der Waals surface area contributed by atoms with Gasteiger partial charge in [-0.15, -0.1) is 0 Å². The number of aryl methyl sites for hydroxylation is 1. The quantitative estimate of drug-likeness (QED) is 0.851. The SMILES string of the molecule is CCc1cnc(CNc2nc(C3CC3)nc(NC)c2C)o1. The Kier molecular flexibility index (Phi) is 3.77. The molecule has 2 aromatic rings. The molecule has 2 N–H and O–H groups in total. The lowest BCUT2D eigenvalue weighted by molar-refractivity contribution is 0.465. The van der Waals surface area contributed by atoms with Crippen molar-refractivity contribution in [3.63, 3.8) is 0 Å². The number of nitrogens with zero attached hydrogens (tertiary/aromatic N) is 3. The van der Waals surface area contributed by atoms with Gasteiger partial charge in [0.1, 0.15) is 23.2 Å². The molecule has 2 aromatic heterocycles. The summed E-state index contributed by atoms with van der Waals surface area (Å²) >= 11 is 0. The Morgan fingerprint density at radius 2 is 2.05 bits per heavy atom. The second-order valence-electron chi connectivity index (χ2n) is 5.36. The van der Waals surface area contributed by atoms with Crippen LogP contribution in [0.4, 0.5) is 11.6 Å². The maximum Gasteiger partial charge on any atom is 0.213 e. The van der Waals surface area contributed by atoms with Crippen LogP contribution in [0.15, 0.2) is 10.6 Å². The van der Waals surface area contributed by atoms with Crippen molar-refractivity contribution in [3.05, 3.63) is 29.2 Å². The van der Waals surface area contributed by atoms with Crippen molar-refractivity contribution >= 4 is 11.6 Å². The van der Waals surface area contributed by atoms with Crippen molar-refractivity contribution in [2.75, 3.05) is 17.7 Å². The van der Waals surface area contributed by atoms with Crippen molar-refractivity contribution in [2.24, 2.45) is 0 Å². The molecule has 0 aliphatic heterocycles. The first-order valence-corrected chi connectivity index (χ1v) is 7.45. The van der Waals surface area contributed by atoms with E-state index in [2.05, 4.69) is 25.6 Å². The molecule has 6 nitrogen and oxygen atoms in total. The zero-order valence-electron chi connectivity index (χ0n) is 12.7. The molecule has 1 aliphatic rings. The lowest BCUT2D eigenvalue weighted by atomic mass is 10.2. The average Bonchev–Trinajstić information content (AvgIpc) is 3.25. The first kappa shape index (κ1) is 13.9. The molecule has 0 unspecified atom stereocenters. The van der Waals surface area contributed by atoms with Crippen LogP contribution >= 0.6 is 0 Å². The summed E-state index contributed by atoms with van der Waals surface area (Å²) < 4.78 is 5.61. The van der Waals surface area contributed by atoms with Crippen molar-refractivity contribution in [1.29, 1.82) is 0 Å². The molecule has 0 spiro atoms. The van der Waals surface area contributed by atoms with E-state index in [0.717, 1.165) is 35.2 Å². The lowest BCUT2D eigenvalue weighted by Gasteiger charge is -2.12. The van der Waals surface area contributed by atoms with E-state index in [1.54, 1.807) is 6.20 Å². The Morgan fingerprint density at radius 1 is 1.29 bits per heavy atom. The third-order valence-electron chi connectivity index (χ3n) is 3.70. The molecule has 1 aliphatic carbocycles. The summed E-state index contributed by atoms with van der Waals surface area (Å²) in [7, 11) is 1.89. The van der Waals surface area contributed by atoms with Crippen molar-refractivity contribution in [3.8, 4) is 0 Å². The fraction of sp³-hybridized carbons (Fsp3) is 0.533. The summed E-state index contributed by atoms with van der Waals surface area (Å²) in [6.07, 6.45) is 5.00. The van der Waals surface area contributed by atoms with E-state index >= 15 is 0 Å². The molecule has 1 saturated carbocycles. The normalized spacial score (nSPS) is 14.2. The van der Waals surface area contributed by atoms with Crippen molar-refractivity contribution in [1.82, 2.24) is 15.0 Å². The Balaban J connectivity index is 1.78. The number of aromatic nitrogens is 3. The summed E-state index contributed by atoms with van der Waals surface area (Å²) in [5, 5.41) is 6.46. The van der Waals surface area contributed by atoms with Crippen LogP contribution in [0.2, 0.25) is 0 Å². The van der Waals surface area contributed by atoms with Gasteiger partial charge < -0.3 is 15.1 Å². The van der Waals surface area contributed by atoms with Gasteiger partial charge in [0.15, 0.2) is 0 Å². The molecule has 2 heterocycles. The van der Waals surface area contributed by atoms with E-state index in [9.17, 15) is 0 Å². The number of hydrogen-bond acceptors (Lipinski definition) is 6. The zero-order chi connectivity index (χ0) is 14.8. The Labute approximate surface area is 124 Å². The van der Waals surface area contributed by atoms with Gasteiger partial charge in [0.05, 0.1) is 12.7 Å².